The van der Waals surface area contributed by atoms with Crippen molar-refractivity contribution in [3.63, 3.8) is 0 Å². The molecule has 1 aliphatic rings. The number of aromatic nitrogens is 2. The number of rotatable bonds is 3. The van der Waals surface area contributed by atoms with E-state index >= 15 is 0 Å². The molecule has 0 radical (unpaired) electrons. The van der Waals surface area contributed by atoms with Gasteiger partial charge in [0.25, 0.3) is 0 Å². The number of hydrogen-bond donors (Lipinski definition) is 1. The van der Waals surface area contributed by atoms with Crippen LogP contribution in [0.3, 0.4) is 0 Å². The topological polar surface area (TPSA) is 49.2 Å². The summed E-state index contributed by atoms with van der Waals surface area (Å²) in [6, 6.07) is 0. The van der Waals surface area contributed by atoms with E-state index in [0.29, 0.717) is 30.5 Å². The Balaban J connectivity index is 2.08. The van der Waals surface area contributed by atoms with Crippen molar-refractivity contribution in [2.75, 3.05) is 18.0 Å². The van der Waals surface area contributed by atoms with Crippen LogP contribution in [0, 0.1) is 11.8 Å². The molecule has 94 valence electrons. The smallest absolute Gasteiger partial charge is 0.225 e. The Morgan fingerprint density at radius 1 is 1.41 bits per heavy atom. The normalized spacial score (nSPS) is 24.6. The molecule has 17 heavy (non-hydrogen) atoms. The van der Waals surface area contributed by atoms with E-state index in [-0.39, 0.29) is 12.5 Å². The van der Waals surface area contributed by atoms with E-state index in [2.05, 4.69) is 9.97 Å². The molecule has 0 amide bonds. The van der Waals surface area contributed by atoms with Crippen LogP contribution in [0.5, 0.6) is 0 Å². The number of hydrogen-bond acceptors (Lipinski definition) is 4. The minimum atomic E-state index is -0.809. The van der Waals surface area contributed by atoms with Gasteiger partial charge in [0.1, 0.15) is 6.17 Å². The van der Waals surface area contributed by atoms with E-state index in [0.717, 1.165) is 0 Å². The quantitative estimate of drug-likeness (QED) is 0.866. The molecule has 2 atom stereocenters. The lowest BCUT2D eigenvalue weighted by molar-refractivity contribution is 0.234. The molecule has 0 bridgehead atoms. The minimum absolute atomic E-state index is 0.0520. The highest BCUT2D eigenvalue weighted by Gasteiger charge is 2.35. The van der Waals surface area contributed by atoms with Crippen LogP contribution in [0.15, 0.2) is 12.4 Å². The lowest BCUT2D eigenvalue weighted by Crippen LogP contribution is -2.23. The molecule has 0 spiro atoms. The Morgan fingerprint density at radius 3 is 2.53 bits per heavy atom. The average Bonchev–Trinajstić information content (AvgIpc) is 2.71. The van der Waals surface area contributed by atoms with Gasteiger partial charge in [-0.25, -0.2) is 14.4 Å². The summed E-state index contributed by atoms with van der Waals surface area (Å²) in [5.74, 6) is 0.927. The molecule has 4 nitrogen and oxygen atoms in total. The summed E-state index contributed by atoms with van der Waals surface area (Å²) in [5.41, 5.74) is 0.671. The summed E-state index contributed by atoms with van der Waals surface area (Å²) in [7, 11) is 0. The van der Waals surface area contributed by atoms with Gasteiger partial charge in [0.15, 0.2) is 0 Å². The molecule has 1 fully saturated rings. The van der Waals surface area contributed by atoms with Crippen molar-refractivity contribution < 1.29 is 9.50 Å². The van der Waals surface area contributed by atoms with Crippen LogP contribution in [0.4, 0.5) is 10.3 Å². The summed E-state index contributed by atoms with van der Waals surface area (Å²) in [4.78, 5) is 10.2. The Kier molecular flexibility index (Phi) is 3.57. The van der Waals surface area contributed by atoms with Gasteiger partial charge >= 0.3 is 0 Å². The van der Waals surface area contributed by atoms with E-state index in [1.54, 1.807) is 12.4 Å². The number of aliphatic hydroxyl groups is 1. The maximum absolute atomic E-state index is 13.8. The Bertz CT molecular complexity index is 369. The Morgan fingerprint density at radius 2 is 2.06 bits per heavy atom. The zero-order chi connectivity index (χ0) is 12.4. The van der Waals surface area contributed by atoms with Crippen molar-refractivity contribution in [1.82, 2.24) is 9.97 Å². The van der Waals surface area contributed by atoms with Crippen LogP contribution in [0.2, 0.25) is 0 Å². The predicted octanol–water partition coefficient (Wildman–Crippen LogP) is 1.40. The third kappa shape index (κ3) is 2.54. The van der Waals surface area contributed by atoms with Gasteiger partial charge in [0.05, 0.1) is 13.2 Å². The fourth-order valence-electron chi connectivity index (χ4n) is 2.17. The molecule has 2 heterocycles. The van der Waals surface area contributed by atoms with Crippen LogP contribution < -0.4 is 4.90 Å². The van der Waals surface area contributed by atoms with Gasteiger partial charge in [0.2, 0.25) is 5.95 Å². The lowest BCUT2D eigenvalue weighted by Gasteiger charge is -2.17. The average molecular weight is 239 g/mol. The molecule has 1 aromatic heterocycles. The number of alkyl halides is 1. The van der Waals surface area contributed by atoms with Gasteiger partial charge in [0, 0.05) is 30.4 Å². The van der Waals surface area contributed by atoms with Gasteiger partial charge in [-0.2, -0.15) is 0 Å². The molecule has 5 heteroatoms. The van der Waals surface area contributed by atoms with E-state index in [4.69, 9.17) is 5.11 Å². The minimum Gasteiger partial charge on any atom is -0.392 e. The summed E-state index contributed by atoms with van der Waals surface area (Å²) >= 11 is 0. The molecular formula is C12H18FN3O. The van der Waals surface area contributed by atoms with E-state index in [9.17, 15) is 4.39 Å². The molecule has 1 aliphatic heterocycles. The first-order valence-electron chi connectivity index (χ1n) is 5.92. The monoisotopic (exact) mass is 239 g/mol. The van der Waals surface area contributed by atoms with Gasteiger partial charge in [-0.15, -0.1) is 0 Å². The maximum atomic E-state index is 13.8. The van der Waals surface area contributed by atoms with Crippen LogP contribution in [-0.2, 0) is 6.61 Å². The molecular weight excluding hydrogens is 221 g/mol. The van der Waals surface area contributed by atoms with Crippen LogP contribution >= 0.6 is 0 Å². The second-order valence-corrected chi connectivity index (χ2v) is 4.88. The van der Waals surface area contributed by atoms with Gasteiger partial charge in [-0.05, 0) is 5.92 Å². The van der Waals surface area contributed by atoms with Crippen molar-refractivity contribution in [2.45, 2.75) is 26.6 Å². The number of halogens is 1. The van der Waals surface area contributed by atoms with Crippen molar-refractivity contribution in [2.24, 2.45) is 11.8 Å². The van der Waals surface area contributed by atoms with Crippen molar-refractivity contribution in [3.05, 3.63) is 18.0 Å². The first-order valence-corrected chi connectivity index (χ1v) is 5.92. The SMILES string of the molecule is CC(C)[C@@H]1CN(c2ncc(CO)cn2)C[C@H]1F. The molecule has 1 N–H and O–H groups in total. The summed E-state index contributed by atoms with van der Waals surface area (Å²) < 4.78 is 13.8. The van der Waals surface area contributed by atoms with Crippen molar-refractivity contribution >= 4 is 5.95 Å². The van der Waals surface area contributed by atoms with E-state index < -0.39 is 6.17 Å². The lowest BCUT2D eigenvalue weighted by atomic mass is 9.94. The van der Waals surface area contributed by atoms with Crippen molar-refractivity contribution in [1.29, 1.82) is 0 Å². The van der Waals surface area contributed by atoms with Crippen LogP contribution in [0.1, 0.15) is 19.4 Å². The maximum Gasteiger partial charge on any atom is 0.225 e. The van der Waals surface area contributed by atoms with Crippen LogP contribution in [0.25, 0.3) is 0 Å². The molecule has 0 saturated carbocycles. The van der Waals surface area contributed by atoms with E-state index in [1.807, 2.05) is 18.7 Å². The van der Waals surface area contributed by atoms with Gasteiger partial charge in [-0.3, -0.25) is 0 Å². The van der Waals surface area contributed by atoms with Gasteiger partial charge < -0.3 is 10.0 Å². The summed E-state index contributed by atoms with van der Waals surface area (Å²) in [5, 5.41) is 8.90. The fraction of sp³-hybridized carbons (Fsp3) is 0.667. The highest BCUT2D eigenvalue weighted by molar-refractivity contribution is 5.32. The Hall–Kier alpha value is -1.23. The number of aliphatic hydroxyl groups excluding tert-OH is 1. The van der Waals surface area contributed by atoms with Gasteiger partial charge in [-0.1, -0.05) is 13.8 Å². The standard InChI is InChI=1S/C12H18FN3O/c1-8(2)10-5-16(6-11(10)13)12-14-3-9(7-17)4-15-12/h3-4,8,10-11,17H,5-7H2,1-2H3/t10-,11+/m0/s1. The first-order chi connectivity index (χ1) is 8.11. The van der Waals surface area contributed by atoms with Crippen molar-refractivity contribution in [3.8, 4) is 0 Å². The summed E-state index contributed by atoms with van der Waals surface area (Å²) in [6.07, 6.45) is 2.35. The Labute approximate surface area is 101 Å². The van der Waals surface area contributed by atoms with Crippen LogP contribution in [-0.4, -0.2) is 34.3 Å². The predicted molar refractivity (Wildman–Crippen MR) is 63.4 cm³/mol. The molecule has 0 unspecified atom stereocenters. The zero-order valence-corrected chi connectivity index (χ0v) is 10.2. The highest BCUT2D eigenvalue weighted by atomic mass is 19.1. The third-order valence-electron chi connectivity index (χ3n) is 3.30. The zero-order valence-electron chi connectivity index (χ0n) is 10.2. The largest absolute Gasteiger partial charge is 0.392 e. The molecule has 0 aromatic carbocycles. The third-order valence-corrected chi connectivity index (χ3v) is 3.30. The fourth-order valence-corrected chi connectivity index (χ4v) is 2.17. The number of anilines is 1. The second kappa shape index (κ2) is 4.96. The summed E-state index contributed by atoms with van der Waals surface area (Å²) in [6.45, 7) is 5.03. The van der Waals surface area contributed by atoms with E-state index in [1.165, 1.54) is 0 Å². The molecule has 0 aliphatic carbocycles. The second-order valence-electron chi connectivity index (χ2n) is 4.88. The molecule has 1 saturated heterocycles. The molecule has 2 rings (SSSR count). The molecule has 1 aromatic rings. The number of nitrogens with zero attached hydrogens (tertiary/aromatic N) is 3. The first kappa shape index (κ1) is 12.2. The highest BCUT2D eigenvalue weighted by Crippen LogP contribution is 2.28.